The zero-order valence-electron chi connectivity index (χ0n) is 17.6. The van der Waals surface area contributed by atoms with Crippen LogP contribution in [0.2, 0.25) is 0 Å². The summed E-state index contributed by atoms with van der Waals surface area (Å²) in [4.78, 5) is 7.60. The number of ether oxygens (including phenoxy) is 2. The SMILES string of the molecule is CN=C(NCCCOCc1ccc(OC)cc1)NCCc1c[nH]c2ccccc12.I. The Labute approximate surface area is 195 Å². The number of hydrogen-bond acceptors (Lipinski definition) is 3. The summed E-state index contributed by atoms with van der Waals surface area (Å²) in [5.41, 5.74) is 3.64. The number of guanidine groups is 1. The summed E-state index contributed by atoms with van der Waals surface area (Å²) >= 11 is 0. The van der Waals surface area contributed by atoms with Gasteiger partial charge in [0, 0.05) is 43.8 Å². The van der Waals surface area contributed by atoms with Crippen molar-refractivity contribution in [2.75, 3.05) is 33.9 Å². The smallest absolute Gasteiger partial charge is 0.190 e. The highest BCUT2D eigenvalue weighted by molar-refractivity contribution is 14.0. The number of methoxy groups -OCH3 is 1. The number of rotatable bonds is 10. The highest BCUT2D eigenvalue weighted by Crippen LogP contribution is 2.17. The first-order valence-corrected chi connectivity index (χ1v) is 10.0. The second-order valence-electron chi connectivity index (χ2n) is 6.79. The van der Waals surface area contributed by atoms with Gasteiger partial charge in [0.25, 0.3) is 0 Å². The van der Waals surface area contributed by atoms with Crippen molar-refractivity contribution in [3.8, 4) is 5.75 Å². The van der Waals surface area contributed by atoms with Crippen LogP contribution in [0.1, 0.15) is 17.5 Å². The number of fused-ring (bicyclic) bond motifs is 1. The van der Waals surface area contributed by atoms with Gasteiger partial charge < -0.3 is 25.1 Å². The Morgan fingerprint density at radius 1 is 1.03 bits per heavy atom. The van der Waals surface area contributed by atoms with Gasteiger partial charge in [0.05, 0.1) is 13.7 Å². The Morgan fingerprint density at radius 3 is 2.57 bits per heavy atom. The summed E-state index contributed by atoms with van der Waals surface area (Å²) in [5.74, 6) is 1.68. The van der Waals surface area contributed by atoms with Crippen LogP contribution < -0.4 is 15.4 Å². The predicted octanol–water partition coefficient (Wildman–Crippen LogP) is 4.11. The van der Waals surface area contributed by atoms with Gasteiger partial charge >= 0.3 is 0 Å². The van der Waals surface area contributed by atoms with Crippen LogP contribution in [0.25, 0.3) is 10.9 Å². The third-order valence-electron chi connectivity index (χ3n) is 4.77. The van der Waals surface area contributed by atoms with E-state index in [2.05, 4.69) is 45.0 Å². The van der Waals surface area contributed by atoms with Gasteiger partial charge in [-0.1, -0.05) is 30.3 Å². The molecule has 0 saturated heterocycles. The van der Waals surface area contributed by atoms with Gasteiger partial charge in [0.2, 0.25) is 0 Å². The normalized spacial score (nSPS) is 11.2. The molecule has 30 heavy (non-hydrogen) atoms. The fourth-order valence-electron chi connectivity index (χ4n) is 3.17. The Balaban J connectivity index is 0.00000320. The van der Waals surface area contributed by atoms with Crippen molar-refractivity contribution in [2.24, 2.45) is 4.99 Å². The highest BCUT2D eigenvalue weighted by atomic mass is 127. The first kappa shape index (κ1) is 24.0. The lowest BCUT2D eigenvalue weighted by Gasteiger charge is -2.12. The number of nitrogens with one attached hydrogen (secondary N) is 3. The third kappa shape index (κ3) is 7.21. The van der Waals surface area contributed by atoms with Crippen molar-refractivity contribution < 1.29 is 9.47 Å². The molecule has 0 unspecified atom stereocenters. The fourth-order valence-corrected chi connectivity index (χ4v) is 3.17. The number of para-hydroxylation sites is 1. The molecule has 0 atom stereocenters. The quantitative estimate of drug-likeness (QED) is 0.162. The van der Waals surface area contributed by atoms with E-state index >= 15 is 0 Å². The summed E-state index contributed by atoms with van der Waals surface area (Å²) in [6.45, 7) is 2.96. The van der Waals surface area contributed by atoms with Gasteiger partial charge in [-0.2, -0.15) is 0 Å². The zero-order chi connectivity index (χ0) is 20.3. The maximum atomic E-state index is 5.74. The van der Waals surface area contributed by atoms with Crippen molar-refractivity contribution in [3.63, 3.8) is 0 Å². The van der Waals surface area contributed by atoms with Crippen molar-refractivity contribution in [3.05, 3.63) is 65.9 Å². The molecule has 7 heteroatoms. The first-order valence-electron chi connectivity index (χ1n) is 10.0. The average molecular weight is 522 g/mol. The highest BCUT2D eigenvalue weighted by Gasteiger charge is 2.03. The monoisotopic (exact) mass is 522 g/mol. The summed E-state index contributed by atoms with van der Waals surface area (Å²) in [6.07, 6.45) is 3.94. The first-order chi connectivity index (χ1) is 14.3. The lowest BCUT2D eigenvalue weighted by molar-refractivity contribution is 0.119. The van der Waals surface area contributed by atoms with E-state index in [4.69, 9.17) is 9.47 Å². The molecule has 0 saturated carbocycles. The zero-order valence-corrected chi connectivity index (χ0v) is 19.9. The molecule has 1 aromatic heterocycles. The number of halogens is 1. The van der Waals surface area contributed by atoms with Crippen LogP contribution in [0.15, 0.2) is 59.7 Å². The Kier molecular flexibility index (Phi) is 10.5. The molecule has 0 aliphatic heterocycles. The van der Waals surface area contributed by atoms with Crippen molar-refractivity contribution in [1.29, 1.82) is 0 Å². The molecule has 0 amide bonds. The van der Waals surface area contributed by atoms with Crippen LogP contribution in [0.4, 0.5) is 0 Å². The number of nitrogens with zero attached hydrogens (tertiary/aromatic N) is 1. The number of hydrogen-bond donors (Lipinski definition) is 3. The predicted molar refractivity (Wildman–Crippen MR) is 134 cm³/mol. The molecule has 6 nitrogen and oxygen atoms in total. The second kappa shape index (κ2) is 13.1. The van der Waals surface area contributed by atoms with Gasteiger partial charge in [-0.05, 0) is 42.2 Å². The molecule has 0 bridgehead atoms. The number of H-pyrrole nitrogens is 1. The molecule has 0 aliphatic rings. The minimum absolute atomic E-state index is 0. The van der Waals surface area contributed by atoms with Crippen molar-refractivity contribution >= 4 is 40.8 Å². The lowest BCUT2D eigenvalue weighted by atomic mass is 10.1. The van der Waals surface area contributed by atoms with Gasteiger partial charge in [0.15, 0.2) is 5.96 Å². The van der Waals surface area contributed by atoms with E-state index in [1.165, 1.54) is 16.5 Å². The molecule has 162 valence electrons. The minimum Gasteiger partial charge on any atom is -0.497 e. The van der Waals surface area contributed by atoms with Crippen LogP contribution >= 0.6 is 24.0 Å². The maximum Gasteiger partial charge on any atom is 0.190 e. The largest absolute Gasteiger partial charge is 0.497 e. The topological polar surface area (TPSA) is 70.7 Å². The summed E-state index contributed by atoms with van der Waals surface area (Å²) in [6, 6.07) is 16.3. The van der Waals surface area contributed by atoms with E-state index in [0.29, 0.717) is 13.2 Å². The molecular formula is C23H31IN4O2. The fraction of sp³-hybridized carbons (Fsp3) is 0.348. The van der Waals surface area contributed by atoms with Gasteiger partial charge in [-0.25, -0.2) is 0 Å². The molecular weight excluding hydrogens is 491 g/mol. The maximum absolute atomic E-state index is 5.74. The van der Waals surface area contributed by atoms with Crippen LogP contribution in [0.3, 0.4) is 0 Å². The van der Waals surface area contributed by atoms with E-state index in [-0.39, 0.29) is 24.0 Å². The number of aromatic nitrogens is 1. The van der Waals surface area contributed by atoms with E-state index in [0.717, 1.165) is 43.2 Å². The third-order valence-corrected chi connectivity index (χ3v) is 4.77. The second-order valence-corrected chi connectivity index (χ2v) is 6.79. The van der Waals surface area contributed by atoms with Crippen molar-refractivity contribution in [2.45, 2.75) is 19.4 Å². The van der Waals surface area contributed by atoms with Gasteiger partial charge in [-0.15, -0.1) is 24.0 Å². The molecule has 0 radical (unpaired) electrons. The molecule has 3 aromatic rings. The van der Waals surface area contributed by atoms with E-state index in [9.17, 15) is 0 Å². The lowest BCUT2D eigenvalue weighted by Crippen LogP contribution is -2.39. The number of aromatic amines is 1. The van der Waals surface area contributed by atoms with E-state index in [1.54, 1.807) is 14.2 Å². The molecule has 3 rings (SSSR count). The Hall–Kier alpha value is -2.26. The average Bonchev–Trinajstić information content (AvgIpc) is 3.18. The van der Waals surface area contributed by atoms with Gasteiger partial charge in [-0.3, -0.25) is 4.99 Å². The van der Waals surface area contributed by atoms with Crippen molar-refractivity contribution in [1.82, 2.24) is 15.6 Å². The summed E-state index contributed by atoms with van der Waals surface area (Å²) < 4.78 is 10.9. The van der Waals surface area contributed by atoms with E-state index < -0.39 is 0 Å². The van der Waals surface area contributed by atoms with Gasteiger partial charge in [0.1, 0.15) is 5.75 Å². The van der Waals surface area contributed by atoms with Crippen LogP contribution in [-0.2, 0) is 17.8 Å². The summed E-state index contributed by atoms with van der Waals surface area (Å²) in [5, 5.41) is 7.99. The molecule has 0 fully saturated rings. The number of aliphatic imine (C=N–C) groups is 1. The molecule has 3 N–H and O–H groups in total. The standard InChI is InChI=1S/C23H30N4O2.HI/c1-24-23(26-14-12-19-16-27-22-7-4-3-6-21(19)22)25-13-5-15-29-17-18-8-10-20(28-2)11-9-18;/h3-4,6-11,16,27H,5,12-15,17H2,1-2H3,(H2,24,25,26);1H. The molecule has 0 spiro atoms. The molecule has 2 aromatic carbocycles. The number of benzene rings is 2. The Morgan fingerprint density at radius 2 is 1.80 bits per heavy atom. The van der Waals surface area contributed by atoms with E-state index in [1.807, 2.05) is 30.3 Å². The van der Waals surface area contributed by atoms with Crippen LogP contribution in [0, 0.1) is 0 Å². The molecule has 1 heterocycles. The minimum atomic E-state index is 0. The molecule has 0 aliphatic carbocycles. The Bertz CT molecular complexity index is 909. The summed E-state index contributed by atoms with van der Waals surface area (Å²) in [7, 11) is 3.46. The van der Waals surface area contributed by atoms with Crippen LogP contribution in [0.5, 0.6) is 5.75 Å². The van der Waals surface area contributed by atoms with Crippen LogP contribution in [-0.4, -0.2) is 44.8 Å².